The van der Waals surface area contributed by atoms with Gasteiger partial charge in [-0.3, -0.25) is 0 Å². The number of unbranched alkanes of at least 4 members (excludes halogenated alkanes) is 11. The molecule has 1 saturated heterocycles. The lowest BCUT2D eigenvalue weighted by Gasteiger charge is -2.46. The standard InChI is InChI=1S/C66H85NO8/c1-2-3-4-5-6-7-8-9-10-11-12-31-44-60(69-46-54-34-21-14-22-35-54)62(70-47-55-36-23-15-24-37-55)59(67)51-74-66-65(73-50-58-42-29-18-30-43-58)64(72-49-57-40-27-17-28-41-57)63(71-48-56-38-25-16-26-39-56)61(75-66)52-68-45-53-32-19-13-20-33-53/h13-30,32-43,59-66H,2-12,31,44-52,67H2,1H3/t59-,60+,61+,62-,63-,64-,65+,66-/m0/s1. The van der Waals surface area contributed by atoms with Crippen LogP contribution in [0.2, 0.25) is 0 Å². The third-order valence-corrected chi connectivity index (χ3v) is 14.0. The molecule has 1 heterocycles. The Morgan fingerprint density at radius 3 is 1.23 bits per heavy atom. The first-order valence-electron chi connectivity index (χ1n) is 28.0. The zero-order chi connectivity index (χ0) is 51.8. The summed E-state index contributed by atoms with van der Waals surface area (Å²) in [7, 11) is 0. The second-order valence-electron chi connectivity index (χ2n) is 20.1. The summed E-state index contributed by atoms with van der Waals surface area (Å²) in [6, 6.07) is 60.7. The Morgan fingerprint density at radius 1 is 0.400 bits per heavy atom. The number of hydrogen-bond donors (Lipinski definition) is 1. The van der Waals surface area contributed by atoms with Gasteiger partial charge in [0.1, 0.15) is 30.5 Å². The number of ether oxygens (including phenoxy) is 8. The summed E-state index contributed by atoms with van der Waals surface area (Å²) in [5, 5.41) is 0. The van der Waals surface area contributed by atoms with Gasteiger partial charge in [0.15, 0.2) is 6.29 Å². The summed E-state index contributed by atoms with van der Waals surface area (Å²) >= 11 is 0. The molecular weight excluding hydrogens is 935 g/mol. The van der Waals surface area contributed by atoms with Crippen molar-refractivity contribution in [1.82, 2.24) is 0 Å². The molecule has 1 aliphatic heterocycles. The van der Waals surface area contributed by atoms with Crippen LogP contribution in [0.3, 0.4) is 0 Å². The minimum Gasteiger partial charge on any atom is -0.374 e. The zero-order valence-corrected chi connectivity index (χ0v) is 44.6. The molecule has 0 aliphatic carbocycles. The van der Waals surface area contributed by atoms with Gasteiger partial charge >= 0.3 is 0 Å². The van der Waals surface area contributed by atoms with Crippen LogP contribution in [0.5, 0.6) is 0 Å². The monoisotopic (exact) mass is 1020 g/mol. The molecular formula is C66H85NO8. The summed E-state index contributed by atoms with van der Waals surface area (Å²) in [6.07, 6.45) is 11.8. The Morgan fingerprint density at radius 2 is 0.773 bits per heavy atom. The molecule has 9 nitrogen and oxygen atoms in total. The van der Waals surface area contributed by atoms with Crippen LogP contribution in [-0.4, -0.2) is 62.2 Å². The largest absolute Gasteiger partial charge is 0.374 e. The van der Waals surface area contributed by atoms with Crippen LogP contribution in [0, 0.1) is 0 Å². The molecule has 6 aromatic rings. The van der Waals surface area contributed by atoms with Crippen molar-refractivity contribution in [2.75, 3.05) is 13.2 Å². The SMILES string of the molecule is CCCCCCCCCCCCCC[C@@H](OCc1ccccc1)[C@@H](OCc1ccccc1)[C@@H](N)CO[C@H]1O[C@H](COCc2ccccc2)[C@H](OCc2ccccc2)[C@H](OCc2ccccc2)[C@H]1OCc1ccccc1. The van der Waals surface area contributed by atoms with Crippen LogP contribution < -0.4 is 5.73 Å². The van der Waals surface area contributed by atoms with E-state index in [4.69, 9.17) is 43.6 Å². The van der Waals surface area contributed by atoms with Crippen LogP contribution in [0.4, 0.5) is 0 Å². The van der Waals surface area contributed by atoms with Gasteiger partial charge in [-0.25, -0.2) is 0 Å². The first-order valence-corrected chi connectivity index (χ1v) is 28.0. The maximum absolute atomic E-state index is 7.40. The first kappa shape index (κ1) is 57.7. The molecule has 2 N–H and O–H groups in total. The molecule has 1 aliphatic rings. The molecule has 0 bridgehead atoms. The lowest BCUT2D eigenvalue weighted by molar-refractivity contribution is -0.329. The van der Waals surface area contributed by atoms with E-state index >= 15 is 0 Å². The Labute approximate surface area is 449 Å². The molecule has 9 heteroatoms. The summed E-state index contributed by atoms with van der Waals surface area (Å²) in [6.45, 7) is 4.76. The fraction of sp³-hybridized carbons (Fsp3) is 0.455. The lowest BCUT2D eigenvalue weighted by Crippen LogP contribution is -2.62. The minimum atomic E-state index is -0.919. The van der Waals surface area contributed by atoms with E-state index in [1.54, 1.807) is 0 Å². The van der Waals surface area contributed by atoms with Gasteiger partial charge in [-0.2, -0.15) is 0 Å². The van der Waals surface area contributed by atoms with Crippen molar-refractivity contribution in [3.05, 3.63) is 215 Å². The second-order valence-corrected chi connectivity index (χ2v) is 20.1. The van der Waals surface area contributed by atoms with E-state index in [9.17, 15) is 0 Å². The van der Waals surface area contributed by atoms with Crippen molar-refractivity contribution in [2.24, 2.45) is 5.73 Å². The quantitative estimate of drug-likeness (QED) is 0.0382. The van der Waals surface area contributed by atoms with E-state index in [2.05, 4.69) is 91.9 Å². The number of benzene rings is 6. The molecule has 0 amide bonds. The molecule has 1 fully saturated rings. The summed E-state index contributed by atoms with van der Waals surface area (Å²) in [5.41, 5.74) is 13.7. The van der Waals surface area contributed by atoms with E-state index in [0.717, 1.165) is 52.6 Å². The zero-order valence-electron chi connectivity index (χ0n) is 44.6. The lowest BCUT2D eigenvalue weighted by atomic mass is 9.97. The summed E-state index contributed by atoms with van der Waals surface area (Å²) in [5.74, 6) is 0. The summed E-state index contributed by atoms with van der Waals surface area (Å²) < 4.78 is 55.3. The van der Waals surface area contributed by atoms with Gasteiger partial charge in [-0.1, -0.05) is 266 Å². The average Bonchev–Trinajstić information content (AvgIpc) is 3.46. The van der Waals surface area contributed by atoms with Gasteiger partial charge in [-0.15, -0.1) is 0 Å². The summed E-state index contributed by atoms with van der Waals surface area (Å²) in [4.78, 5) is 0. The second kappa shape index (κ2) is 34.6. The van der Waals surface area contributed by atoms with Crippen molar-refractivity contribution in [1.29, 1.82) is 0 Å². The maximum Gasteiger partial charge on any atom is 0.187 e. The van der Waals surface area contributed by atoms with Crippen LogP contribution >= 0.6 is 0 Å². The molecule has 75 heavy (non-hydrogen) atoms. The van der Waals surface area contributed by atoms with Crippen molar-refractivity contribution in [3.63, 3.8) is 0 Å². The minimum absolute atomic E-state index is 0.0947. The first-order chi connectivity index (χ1) is 37.1. The number of rotatable bonds is 37. The normalized spacial score (nSPS) is 18.9. The molecule has 402 valence electrons. The fourth-order valence-corrected chi connectivity index (χ4v) is 9.76. The highest BCUT2D eigenvalue weighted by Crippen LogP contribution is 2.32. The molecule has 7 rings (SSSR count). The van der Waals surface area contributed by atoms with Crippen molar-refractivity contribution >= 4 is 0 Å². The molecule has 0 aromatic heterocycles. The number of hydrogen-bond acceptors (Lipinski definition) is 9. The highest BCUT2D eigenvalue weighted by molar-refractivity contribution is 5.18. The van der Waals surface area contributed by atoms with E-state index in [1.165, 1.54) is 64.2 Å². The fourth-order valence-electron chi connectivity index (χ4n) is 9.76. The van der Waals surface area contributed by atoms with Gasteiger partial charge in [0, 0.05) is 0 Å². The topological polar surface area (TPSA) is 99.9 Å². The van der Waals surface area contributed by atoms with E-state index in [0.29, 0.717) is 39.6 Å². The molecule has 6 aromatic carbocycles. The van der Waals surface area contributed by atoms with Crippen molar-refractivity contribution in [2.45, 2.75) is 179 Å². The third-order valence-electron chi connectivity index (χ3n) is 14.0. The van der Waals surface area contributed by atoms with Crippen molar-refractivity contribution in [3.8, 4) is 0 Å². The highest BCUT2D eigenvalue weighted by atomic mass is 16.7. The smallest absolute Gasteiger partial charge is 0.187 e. The Bertz CT molecular complexity index is 2310. The third kappa shape index (κ3) is 21.1. The Kier molecular flexibility index (Phi) is 26.6. The number of nitrogens with two attached hydrogens (primary N) is 1. The predicted molar refractivity (Wildman–Crippen MR) is 299 cm³/mol. The average molecular weight is 1020 g/mol. The van der Waals surface area contributed by atoms with Crippen LogP contribution in [0.25, 0.3) is 0 Å². The van der Waals surface area contributed by atoms with Gasteiger partial charge in [-0.05, 0) is 39.8 Å². The van der Waals surface area contributed by atoms with Gasteiger partial charge in [0.2, 0.25) is 0 Å². The van der Waals surface area contributed by atoms with Gasteiger partial charge in [0.05, 0.1) is 65.0 Å². The molecule has 0 unspecified atom stereocenters. The molecule has 0 saturated carbocycles. The van der Waals surface area contributed by atoms with E-state index in [-0.39, 0.29) is 19.3 Å². The van der Waals surface area contributed by atoms with Crippen LogP contribution in [0.15, 0.2) is 182 Å². The van der Waals surface area contributed by atoms with Crippen LogP contribution in [-0.2, 0) is 77.5 Å². The van der Waals surface area contributed by atoms with Gasteiger partial charge in [0.25, 0.3) is 0 Å². The highest BCUT2D eigenvalue weighted by Gasteiger charge is 2.49. The maximum atomic E-state index is 7.40. The Hall–Kier alpha value is -5.04. The van der Waals surface area contributed by atoms with E-state index < -0.39 is 42.9 Å². The molecule has 0 radical (unpaired) electrons. The van der Waals surface area contributed by atoms with Crippen molar-refractivity contribution < 1.29 is 37.9 Å². The van der Waals surface area contributed by atoms with E-state index in [1.807, 2.05) is 97.1 Å². The Balaban J connectivity index is 1.13. The van der Waals surface area contributed by atoms with Gasteiger partial charge < -0.3 is 43.6 Å². The molecule has 0 spiro atoms. The predicted octanol–water partition coefficient (Wildman–Crippen LogP) is 14.3. The molecule has 8 atom stereocenters. The van der Waals surface area contributed by atoms with Crippen LogP contribution in [0.1, 0.15) is 124 Å².